The monoisotopic (exact) mass is 614 g/mol. The predicted octanol–water partition coefficient (Wildman–Crippen LogP) is 3.37. The zero-order valence-corrected chi connectivity index (χ0v) is 23.7. The number of nitrogens with zero attached hydrogens (tertiary/aromatic N) is 2. The summed E-state index contributed by atoms with van der Waals surface area (Å²) >= 11 is 7.01. The maximum absolute atomic E-state index is 14.0. The number of aliphatic hydroxyl groups is 1. The molecule has 15 heteroatoms. The lowest BCUT2D eigenvalue weighted by atomic mass is 9.77. The van der Waals surface area contributed by atoms with E-state index in [0.29, 0.717) is 5.56 Å². The molecule has 4 atom stereocenters. The van der Waals surface area contributed by atoms with Gasteiger partial charge < -0.3 is 15.3 Å². The van der Waals surface area contributed by atoms with E-state index in [1.165, 1.54) is 17.5 Å². The fraction of sp³-hybridized carbons (Fsp3) is 0.417. The first-order valence-electron chi connectivity index (χ1n) is 12.2. The molecule has 3 N–H and O–H groups in total. The molecule has 2 bridgehead atoms. The summed E-state index contributed by atoms with van der Waals surface area (Å²) in [7, 11) is -7.91. The fourth-order valence-electron chi connectivity index (χ4n) is 6.37. The van der Waals surface area contributed by atoms with Gasteiger partial charge in [-0.1, -0.05) is 17.7 Å². The van der Waals surface area contributed by atoms with Gasteiger partial charge in [0.05, 0.1) is 11.3 Å². The average molecular weight is 615 g/mol. The fourth-order valence-corrected chi connectivity index (χ4v) is 9.60. The lowest BCUT2D eigenvalue weighted by molar-refractivity contribution is -0.134. The Kier molecular flexibility index (Phi) is 6.34. The van der Waals surface area contributed by atoms with Crippen molar-refractivity contribution >= 4 is 59.7 Å². The van der Waals surface area contributed by atoms with Crippen LogP contribution in [0.5, 0.6) is 0 Å². The predicted molar refractivity (Wildman–Crippen MR) is 144 cm³/mol. The van der Waals surface area contributed by atoms with Crippen LogP contribution in [0.4, 0.5) is 9.39 Å². The summed E-state index contributed by atoms with van der Waals surface area (Å²) in [6.07, 6.45) is 3.61. The Bertz CT molecular complexity index is 1690. The zero-order valence-electron chi connectivity index (χ0n) is 20.5. The number of anilines is 1. The number of carbonyl (C=O) groups is 1. The highest BCUT2D eigenvalue weighted by molar-refractivity contribution is 7.91. The topological polar surface area (TPSA) is 145 Å². The number of fused-ring (bicyclic) bond motifs is 6. The Labute approximate surface area is 233 Å². The number of carbonyl (C=O) groups excluding carboxylic acids is 1. The molecule has 10 nitrogen and oxygen atoms in total. The van der Waals surface area contributed by atoms with Gasteiger partial charge in [-0.15, -0.1) is 15.7 Å². The van der Waals surface area contributed by atoms with Crippen molar-refractivity contribution in [1.82, 2.24) is 9.62 Å². The van der Waals surface area contributed by atoms with Crippen LogP contribution >= 0.6 is 22.9 Å². The first-order valence-corrected chi connectivity index (χ1v) is 16.8. The highest BCUT2D eigenvalue weighted by Crippen LogP contribution is 2.55. The van der Waals surface area contributed by atoms with Crippen LogP contribution in [0.1, 0.15) is 30.4 Å². The maximum Gasteiger partial charge on any atom is 0.287 e. The summed E-state index contributed by atoms with van der Waals surface area (Å²) < 4.78 is 69.5. The number of aliphatic hydroxyl groups excluding tert-OH is 1. The number of benzene rings is 1. The van der Waals surface area contributed by atoms with Crippen molar-refractivity contribution in [3.63, 3.8) is 0 Å². The van der Waals surface area contributed by atoms with E-state index in [0.717, 1.165) is 36.9 Å². The summed E-state index contributed by atoms with van der Waals surface area (Å²) in [6.45, 7) is -0.143. The quantitative estimate of drug-likeness (QED) is 0.452. The summed E-state index contributed by atoms with van der Waals surface area (Å²) in [6, 6.07) is 3.94. The Morgan fingerprint density at radius 2 is 2.05 bits per heavy atom. The number of rotatable bonds is 6. The Morgan fingerprint density at radius 1 is 1.31 bits per heavy atom. The van der Waals surface area contributed by atoms with Gasteiger partial charge in [0.25, 0.3) is 15.9 Å². The Hall–Kier alpha value is -2.52. The molecule has 208 valence electrons. The minimum Gasteiger partial charge on any atom is -0.511 e. The lowest BCUT2D eigenvalue weighted by Crippen LogP contribution is -2.53. The molecule has 6 rings (SSSR count). The minimum atomic E-state index is -4.34. The lowest BCUT2D eigenvalue weighted by Gasteiger charge is -2.44. The van der Waals surface area contributed by atoms with Gasteiger partial charge in [-0.3, -0.25) is 4.79 Å². The first-order chi connectivity index (χ1) is 18.3. The van der Waals surface area contributed by atoms with Gasteiger partial charge in [0.15, 0.2) is 5.84 Å². The standard InChI is InChI=1S/C24H24ClFN4O6S3/c1-38(33,34)27-8-14-10-37-23-21(14)39(35,36)29-22(28-23)18-20(31)17-12-3-4-13(7-12)19(17)30(24(18)32)9-11-2-5-16(26)15(25)6-11/h2,5-6,10,12-13,17,19,27,31H,3-4,7-9H2,1H3,(H,28,29)/t12-,13+,17-,19+/m1/s1. The van der Waals surface area contributed by atoms with Gasteiger partial charge >= 0.3 is 0 Å². The highest BCUT2D eigenvalue weighted by Gasteiger charge is 2.57. The van der Waals surface area contributed by atoms with E-state index < -0.39 is 31.8 Å². The molecule has 1 aromatic heterocycles. The third kappa shape index (κ3) is 4.55. The molecule has 0 unspecified atom stereocenters. The second kappa shape index (κ2) is 9.26. The van der Waals surface area contributed by atoms with E-state index in [1.54, 1.807) is 11.0 Å². The smallest absolute Gasteiger partial charge is 0.287 e. The second-order valence-corrected chi connectivity index (χ2v) is 15.0. The van der Waals surface area contributed by atoms with Crippen molar-refractivity contribution in [2.24, 2.45) is 22.2 Å². The Balaban J connectivity index is 1.39. The van der Waals surface area contributed by atoms with Crippen molar-refractivity contribution in [1.29, 1.82) is 0 Å². The van der Waals surface area contributed by atoms with Crippen LogP contribution in [0.25, 0.3) is 0 Å². The molecule has 2 aromatic rings. The maximum atomic E-state index is 14.0. The van der Waals surface area contributed by atoms with Gasteiger partial charge in [-0.25, -0.2) is 17.5 Å². The van der Waals surface area contributed by atoms with E-state index in [9.17, 15) is 31.1 Å². The van der Waals surface area contributed by atoms with E-state index >= 15 is 0 Å². The molecule has 1 aromatic carbocycles. The van der Waals surface area contributed by atoms with Gasteiger partial charge in [0.1, 0.15) is 27.0 Å². The number of thiophene rings is 1. The van der Waals surface area contributed by atoms with Crippen molar-refractivity contribution in [3.8, 4) is 0 Å². The molecule has 0 spiro atoms. The van der Waals surface area contributed by atoms with Crippen molar-refractivity contribution in [3.05, 3.63) is 56.9 Å². The zero-order chi connectivity index (χ0) is 27.9. The van der Waals surface area contributed by atoms with E-state index in [-0.39, 0.29) is 74.5 Å². The van der Waals surface area contributed by atoms with Crippen LogP contribution in [0, 0.1) is 23.6 Å². The molecule has 3 heterocycles. The number of nitrogens with one attached hydrogen (secondary N) is 2. The molecule has 39 heavy (non-hydrogen) atoms. The van der Waals surface area contributed by atoms with Crippen molar-refractivity contribution in [2.45, 2.75) is 43.3 Å². The molecule has 2 aliphatic heterocycles. The summed E-state index contributed by atoms with van der Waals surface area (Å²) in [5, 5.41) is 15.9. The highest BCUT2D eigenvalue weighted by atomic mass is 35.5. The van der Waals surface area contributed by atoms with Gasteiger partial charge in [-0.05, 0) is 54.2 Å². The molecule has 2 aliphatic carbocycles. The molecule has 0 radical (unpaired) electrons. The molecular formula is C24H24ClFN4O6S3. The number of amidine groups is 1. The van der Waals surface area contributed by atoms with E-state index in [1.807, 2.05) is 0 Å². The summed E-state index contributed by atoms with van der Waals surface area (Å²) in [4.78, 5) is 15.4. The largest absolute Gasteiger partial charge is 0.511 e. The van der Waals surface area contributed by atoms with Gasteiger partial charge in [0.2, 0.25) is 10.0 Å². The summed E-state index contributed by atoms with van der Waals surface area (Å²) in [5.74, 6) is -1.67. The van der Waals surface area contributed by atoms with Crippen LogP contribution in [-0.2, 0) is 37.9 Å². The average Bonchev–Trinajstić information content (AvgIpc) is 3.57. The van der Waals surface area contributed by atoms with Crippen LogP contribution < -0.4 is 10.0 Å². The first kappa shape index (κ1) is 26.7. The summed E-state index contributed by atoms with van der Waals surface area (Å²) in [5.41, 5.74) is 0.606. The number of hydrogen-bond acceptors (Lipinski definition) is 8. The molecule has 0 saturated heterocycles. The minimum absolute atomic E-state index is 0.0733. The number of sulfonamides is 2. The van der Waals surface area contributed by atoms with Crippen molar-refractivity contribution < 1.29 is 31.1 Å². The molecular weight excluding hydrogens is 591 g/mol. The second-order valence-electron chi connectivity index (χ2n) is 10.3. The number of hydrogen-bond donors (Lipinski definition) is 3. The van der Waals surface area contributed by atoms with E-state index in [2.05, 4.69) is 14.4 Å². The molecule has 1 amide bonds. The van der Waals surface area contributed by atoms with Crippen LogP contribution in [0.15, 0.2) is 44.2 Å². The molecule has 2 saturated carbocycles. The van der Waals surface area contributed by atoms with Crippen LogP contribution in [0.3, 0.4) is 0 Å². The van der Waals surface area contributed by atoms with Gasteiger partial charge in [-0.2, -0.15) is 8.42 Å². The third-order valence-electron chi connectivity index (χ3n) is 7.90. The molecule has 4 aliphatic rings. The van der Waals surface area contributed by atoms with Crippen LogP contribution in [-0.4, -0.2) is 50.9 Å². The van der Waals surface area contributed by atoms with Crippen molar-refractivity contribution in [2.75, 3.05) is 11.6 Å². The number of amides is 1. The van der Waals surface area contributed by atoms with Gasteiger partial charge in [0, 0.05) is 30.6 Å². The number of halogens is 2. The van der Waals surface area contributed by atoms with Crippen LogP contribution in [0.2, 0.25) is 5.02 Å². The molecule has 2 fully saturated rings. The third-order valence-corrected chi connectivity index (χ3v) is 11.3. The Morgan fingerprint density at radius 3 is 2.77 bits per heavy atom. The van der Waals surface area contributed by atoms with E-state index in [4.69, 9.17) is 11.6 Å². The normalized spacial score (nSPS) is 27.3. The SMILES string of the molecule is CS(=O)(=O)NCc1csc2c1S(=O)(=O)N=C(C1=C(O)[C@@H]3[C@@H]4CC[C@@H](C4)[C@@H]3N(Cc3ccc(F)c(Cl)c3)C1=O)N2.